The van der Waals surface area contributed by atoms with Crippen LogP contribution in [0.2, 0.25) is 0 Å². The molecule has 2 rings (SSSR count). The second kappa shape index (κ2) is 7.21. The van der Waals surface area contributed by atoms with Crippen LogP contribution in [0.5, 0.6) is 0 Å². The van der Waals surface area contributed by atoms with Crippen LogP contribution in [-0.4, -0.2) is 35.3 Å². The van der Waals surface area contributed by atoms with Crippen molar-refractivity contribution in [1.29, 1.82) is 0 Å². The average molecular weight is 321 g/mol. The lowest BCUT2D eigenvalue weighted by atomic mass is 10.1. The van der Waals surface area contributed by atoms with Crippen LogP contribution >= 0.6 is 0 Å². The van der Waals surface area contributed by atoms with Crippen molar-refractivity contribution in [2.75, 3.05) is 6.54 Å². The van der Waals surface area contributed by atoms with E-state index < -0.39 is 18.0 Å². The summed E-state index contributed by atoms with van der Waals surface area (Å²) >= 11 is 0. The Bertz CT molecular complexity index is 603. The summed E-state index contributed by atoms with van der Waals surface area (Å²) in [6.07, 6.45) is 1.31. The lowest BCUT2D eigenvalue weighted by molar-refractivity contribution is -0.132. The molecule has 0 spiro atoms. The fourth-order valence-corrected chi connectivity index (χ4v) is 2.48. The molecule has 1 aromatic rings. The predicted octanol–water partition coefficient (Wildman–Crippen LogP) is 1.72. The molecule has 6 nitrogen and oxygen atoms in total. The first-order chi connectivity index (χ1) is 10.9. The van der Waals surface area contributed by atoms with Crippen LogP contribution in [0.4, 0.5) is 9.18 Å². The monoisotopic (exact) mass is 321 g/mol. The molecule has 1 fully saturated rings. The first-order valence-electron chi connectivity index (χ1n) is 7.59. The summed E-state index contributed by atoms with van der Waals surface area (Å²) in [6.45, 7) is 3.34. The maximum absolute atomic E-state index is 12.9. The minimum Gasteiger partial charge on any atom is -0.348 e. The number of urea groups is 1. The Morgan fingerprint density at radius 1 is 1.35 bits per heavy atom. The number of hydrogen-bond donors (Lipinski definition) is 2. The standard InChI is InChI=1S/C16H20FN3O3/c1-3-4-13-15(22)20(16(23)19-13)9-14(21)18-10(2)11-5-7-12(17)8-6-11/h5-8,10,13H,3-4,9H2,1-2H3,(H,18,21)(H,19,23). The van der Waals surface area contributed by atoms with Crippen molar-refractivity contribution in [2.24, 2.45) is 0 Å². The van der Waals surface area contributed by atoms with E-state index in [0.717, 1.165) is 16.9 Å². The highest BCUT2D eigenvalue weighted by atomic mass is 19.1. The molecule has 0 saturated carbocycles. The van der Waals surface area contributed by atoms with Gasteiger partial charge in [-0.3, -0.25) is 14.5 Å². The molecule has 1 saturated heterocycles. The van der Waals surface area contributed by atoms with Gasteiger partial charge in [-0.2, -0.15) is 0 Å². The summed E-state index contributed by atoms with van der Waals surface area (Å²) in [6, 6.07) is 4.33. The number of imide groups is 1. The van der Waals surface area contributed by atoms with E-state index in [0.29, 0.717) is 6.42 Å². The lowest BCUT2D eigenvalue weighted by Gasteiger charge is -2.17. The molecule has 1 aliphatic rings. The topological polar surface area (TPSA) is 78.5 Å². The van der Waals surface area contributed by atoms with Crippen molar-refractivity contribution in [3.05, 3.63) is 35.6 Å². The molecule has 2 atom stereocenters. The van der Waals surface area contributed by atoms with Gasteiger partial charge in [0.25, 0.3) is 5.91 Å². The fourth-order valence-electron chi connectivity index (χ4n) is 2.48. The second-order valence-corrected chi connectivity index (χ2v) is 5.56. The minimum atomic E-state index is -0.546. The van der Waals surface area contributed by atoms with Gasteiger partial charge in [0.15, 0.2) is 0 Å². The van der Waals surface area contributed by atoms with E-state index in [-0.39, 0.29) is 24.3 Å². The van der Waals surface area contributed by atoms with E-state index in [9.17, 15) is 18.8 Å². The van der Waals surface area contributed by atoms with Gasteiger partial charge in [-0.1, -0.05) is 25.5 Å². The predicted molar refractivity (Wildman–Crippen MR) is 81.9 cm³/mol. The zero-order valence-corrected chi connectivity index (χ0v) is 13.1. The molecule has 0 aromatic heterocycles. The first-order valence-corrected chi connectivity index (χ1v) is 7.59. The van der Waals surface area contributed by atoms with E-state index in [4.69, 9.17) is 0 Å². The fraction of sp³-hybridized carbons (Fsp3) is 0.438. The summed E-state index contributed by atoms with van der Waals surface area (Å²) < 4.78 is 12.9. The van der Waals surface area contributed by atoms with Crippen molar-refractivity contribution in [2.45, 2.75) is 38.8 Å². The number of halogens is 1. The highest BCUT2D eigenvalue weighted by Crippen LogP contribution is 2.14. The van der Waals surface area contributed by atoms with Crippen LogP contribution in [0.25, 0.3) is 0 Å². The molecule has 124 valence electrons. The summed E-state index contributed by atoms with van der Waals surface area (Å²) in [5.41, 5.74) is 0.737. The molecule has 0 aliphatic carbocycles. The second-order valence-electron chi connectivity index (χ2n) is 5.56. The summed E-state index contributed by atoms with van der Waals surface area (Å²) in [5, 5.41) is 5.26. The number of hydrogen-bond acceptors (Lipinski definition) is 3. The van der Waals surface area contributed by atoms with E-state index in [1.165, 1.54) is 12.1 Å². The van der Waals surface area contributed by atoms with Gasteiger partial charge in [0, 0.05) is 0 Å². The van der Waals surface area contributed by atoms with Crippen molar-refractivity contribution in [3.8, 4) is 0 Å². The van der Waals surface area contributed by atoms with Crippen LogP contribution < -0.4 is 10.6 Å². The van der Waals surface area contributed by atoms with Crippen molar-refractivity contribution < 1.29 is 18.8 Å². The molecule has 1 heterocycles. The van der Waals surface area contributed by atoms with Crippen LogP contribution in [0, 0.1) is 5.82 Å². The third kappa shape index (κ3) is 4.06. The molecule has 1 aliphatic heterocycles. The Labute approximate surface area is 134 Å². The quantitative estimate of drug-likeness (QED) is 0.783. The SMILES string of the molecule is CCCC1NC(=O)N(CC(=O)NC(C)c2ccc(F)cc2)C1=O. The van der Waals surface area contributed by atoms with E-state index in [2.05, 4.69) is 10.6 Å². The van der Waals surface area contributed by atoms with Crippen LogP contribution in [-0.2, 0) is 9.59 Å². The van der Waals surface area contributed by atoms with Crippen molar-refractivity contribution in [3.63, 3.8) is 0 Å². The molecule has 7 heteroatoms. The Morgan fingerprint density at radius 3 is 2.61 bits per heavy atom. The number of nitrogens with one attached hydrogen (secondary N) is 2. The molecule has 0 bridgehead atoms. The number of carbonyl (C=O) groups is 3. The minimum absolute atomic E-state index is 0.323. The van der Waals surface area contributed by atoms with Crippen molar-refractivity contribution in [1.82, 2.24) is 15.5 Å². The summed E-state index contributed by atoms with van der Waals surface area (Å²) in [7, 11) is 0. The van der Waals surface area contributed by atoms with Gasteiger partial charge in [0.1, 0.15) is 18.4 Å². The summed E-state index contributed by atoms with van der Waals surface area (Å²) in [4.78, 5) is 36.8. The smallest absolute Gasteiger partial charge is 0.325 e. The zero-order valence-electron chi connectivity index (χ0n) is 13.1. The largest absolute Gasteiger partial charge is 0.348 e. The number of amides is 4. The van der Waals surface area contributed by atoms with Gasteiger partial charge in [-0.25, -0.2) is 9.18 Å². The number of rotatable bonds is 6. The van der Waals surface area contributed by atoms with Gasteiger partial charge in [-0.05, 0) is 31.0 Å². The van der Waals surface area contributed by atoms with E-state index in [1.807, 2.05) is 6.92 Å². The van der Waals surface area contributed by atoms with Crippen LogP contribution in [0.1, 0.15) is 38.3 Å². The van der Waals surface area contributed by atoms with Gasteiger partial charge in [0.2, 0.25) is 5.91 Å². The Balaban J connectivity index is 1.93. The average Bonchev–Trinajstić information content (AvgIpc) is 2.76. The van der Waals surface area contributed by atoms with Gasteiger partial charge in [-0.15, -0.1) is 0 Å². The highest BCUT2D eigenvalue weighted by Gasteiger charge is 2.38. The maximum Gasteiger partial charge on any atom is 0.325 e. The first kappa shape index (κ1) is 16.9. The molecule has 23 heavy (non-hydrogen) atoms. The molecular weight excluding hydrogens is 301 g/mol. The number of carbonyl (C=O) groups excluding carboxylic acids is 3. The van der Waals surface area contributed by atoms with E-state index >= 15 is 0 Å². The highest BCUT2D eigenvalue weighted by molar-refractivity contribution is 6.06. The number of benzene rings is 1. The zero-order chi connectivity index (χ0) is 17.0. The molecule has 4 amide bonds. The third-order valence-corrected chi connectivity index (χ3v) is 3.73. The maximum atomic E-state index is 12.9. The van der Waals surface area contributed by atoms with Gasteiger partial charge >= 0.3 is 6.03 Å². The van der Waals surface area contributed by atoms with Gasteiger partial charge < -0.3 is 10.6 Å². The third-order valence-electron chi connectivity index (χ3n) is 3.73. The van der Waals surface area contributed by atoms with Crippen LogP contribution in [0.3, 0.4) is 0 Å². The van der Waals surface area contributed by atoms with Gasteiger partial charge in [0.05, 0.1) is 6.04 Å². The summed E-state index contributed by atoms with van der Waals surface area (Å²) in [5.74, 6) is -1.17. The van der Waals surface area contributed by atoms with Crippen LogP contribution in [0.15, 0.2) is 24.3 Å². The molecule has 2 unspecified atom stereocenters. The lowest BCUT2D eigenvalue weighted by Crippen LogP contribution is -2.41. The number of nitrogens with zero attached hydrogens (tertiary/aromatic N) is 1. The Hall–Kier alpha value is -2.44. The molecule has 0 radical (unpaired) electrons. The van der Waals surface area contributed by atoms with Crippen molar-refractivity contribution >= 4 is 17.8 Å². The molecule has 1 aromatic carbocycles. The Morgan fingerprint density at radius 2 is 2.00 bits per heavy atom. The molecular formula is C16H20FN3O3. The normalized spacial score (nSPS) is 18.7. The van der Waals surface area contributed by atoms with E-state index in [1.54, 1.807) is 19.1 Å². The Kier molecular flexibility index (Phi) is 5.31. The molecule has 2 N–H and O–H groups in total.